The van der Waals surface area contributed by atoms with Crippen LogP contribution in [0.4, 0.5) is 0 Å². The molecule has 132 valence electrons. The molecule has 2 unspecified atom stereocenters. The van der Waals surface area contributed by atoms with Gasteiger partial charge in [0.25, 0.3) is 0 Å². The fourth-order valence-corrected chi connectivity index (χ4v) is 2.91. The van der Waals surface area contributed by atoms with Crippen LogP contribution >= 0.6 is 0 Å². The minimum absolute atomic E-state index is 0.290. The first-order valence-electron chi connectivity index (χ1n) is 8.79. The summed E-state index contributed by atoms with van der Waals surface area (Å²) in [4.78, 5) is 12.1. The zero-order chi connectivity index (χ0) is 18.1. The predicted molar refractivity (Wildman–Crippen MR) is 97.5 cm³/mol. The van der Waals surface area contributed by atoms with Gasteiger partial charge in [-0.25, -0.2) is 4.79 Å². The van der Waals surface area contributed by atoms with Crippen LogP contribution in [0.2, 0.25) is 0 Å². The Bertz CT molecular complexity index is 930. The number of aryl methyl sites for hydroxylation is 1. The number of hydrogen-bond donors (Lipinski definition) is 0. The highest BCUT2D eigenvalue weighted by molar-refractivity contribution is 5.89. The number of carbonyl (C=O) groups excluding carboxylic acids is 1. The van der Waals surface area contributed by atoms with Gasteiger partial charge in [0.2, 0.25) is 11.8 Å². The number of benzene rings is 2. The van der Waals surface area contributed by atoms with Gasteiger partial charge in [-0.3, -0.25) is 0 Å². The number of rotatable bonds is 5. The first-order valence-corrected chi connectivity index (χ1v) is 8.79. The molecule has 26 heavy (non-hydrogen) atoms. The highest BCUT2D eigenvalue weighted by Gasteiger charge is 2.33. The smallest absolute Gasteiger partial charge is 0.338 e. The molecule has 2 aromatic carbocycles. The summed E-state index contributed by atoms with van der Waals surface area (Å²) in [6.45, 7) is 4.68. The Labute approximate surface area is 152 Å². The van der Waals surface area contributed by atoms with Gasteiger partial charge < -0.3 is 9.15 Å². The lowest BCUT2D eigenvalue weighted by Crippen LogP contribution is -2.07. The molecule has 1 heterocycles. The number of hydrogen-bond acceptors (Lipinski definition) is 5. The average Bonchev–Trinajstić information content (AvgIpc) is 3.16. The molecule has 0 N–H and O–H groups in total. The van der Waals surface area contributed by atoms with Crippen molar-refractivity contribution in [1.29, 1.82) is 0 Å². The van der Waals surface area contributed by atoms with Gasteiger partial charge in [-0.15, -0.1) is 10.2 Å². The van der Waals surface area contributed by atoms with Crippen LogP contribution in [0.1, 0.15) is 29.3 Å². The summed E-state index contributed by atoms with van der Waals surface area (Å²) in [5.41, 5.74) is 3.29. The van der Waals surface area contributed by atoms with E-state index in [1.54, 1.807) is 24.3 Å². The molecule has 3 aromatic rings. The van der Waals surface area contributed by atoms with E-state index in [2.05, 4.69) is 17.1 Å². The Morgan fingerprint density at radius 2 is 1.81 bits per heavy atom. The van der Waals surface area contributed by atoms with Crippen LogP contribution in [0.25, 0.3) is 22.9 Å². The number of carbonyl (C=O) groups is 1. The van der Waals surface area contributed by atoms with Crippen molar-refractivity contribution in [3.8, 4) is 22.9 Å². The molecular weight excluding hydrogens is 328 g/mol. The highest BCUT2D eigenvalue weighted by Crippen LogP contribution is 2.37. The first-order chi connectivity index (χ1) is 12.6. The lowest BCUT2D eigenvalue weighted by atomic mass is 10.1. The van der Waals surface area contributed by atoms with Crippen molar-refractivity contribution in [2.75, 3.05) is 6.61 Å². The molecule has 1 saturated carbocycles. The largest absolute Gasteiger partial charge is 0.462 e. The van der Waals surface area contributed by atoms with Crippen molar-refractivity contribution in [1.82, 2.24) is 10.2 Å². The summed E-state index contributed by atoms with van der Waals surface area (Å²) in [5, 5.41) is 8.26. The molecule has 1 fully saturated rings. The lowest BCUT2D eigenvalue weighted by molar-refractivity contribution is 0.0481. The van der Waals surface area contributed by atoms with E-state index in [9.17, 15) is 4.79 Å². The molecule has 1 aliphatic rings. The Morgan fingerprint density at radius 1 is 1.12 bits per heavy atom. The van der Waals surface area contributed by atoms with Gasteiger partial charge >= 0.3 is 5.97 Å². The number of esters is 1. The second-order valence-corrected chi connectivity index (χ2v) is 6.88. The van der Waals surface area contributed by atoms with Crippen molar-refractivity contribution >= 4 is 5.97 Å². The summed E-state index contributed by atoms with van der Waals surface area (Å²) in [6, 6.07) is 14.9. The fraction of sp³-hybridized carbons (Fsp3) is 0.286. The summed E-state index contributed by atoms with van der Waals surface area (Å²) >= 11 is 0. The van der Waals surface area contributed by atoms with Crippen molar-refractivity contribution in [3.63, 3.8) is 0 Å². The minimum atomic E-state index is -0.290. The van der Waals surface area contributed by atoms with Gasteiger partial charge in [0.05, 0.1) is 12.2 Å². The molecular formula is C21H20N2O3. The molecule has 0 radical (unpaired) electrons. The first kappa shape index (κ1) is 16.5. The summed E-state index contributed by atoms with van der Waals surface area (Å²) < 4.78 is 11.2. The monoisotopic (exact) mass is 348 g/mol. The standard InChI is InChI=1S/C21H20N2O3/c1-13-5-3-4-6-18(13)20-23-22-19(26-20)15-7-9-16(10-8-15)21(24)25-12-17-11-14(17)2/h3-10,14,17H,11-12H2,1-2H3. The van der Waals surface area contributed by atoms with E-state index < -0.39 is 0 Å². The third kappa shape index (κ3) is 3.38. The van der Waals surface area contributed by atoms with Crippen LogP contribution in [0.15, 0.2) is 52.9 Å². The second kappa shape index (κ2) is 6.75. The van der Waals surface area contributed by atoms with E-state index in [4.69, 9.17) is 9.15 Å². The Hall–Kier alpha value is -2.95. The quantitative estimate of drug-likeness (QED) is 0.634. The molecule has 2 atom stereocenters. The normalized spacial score (nSPS) is 18.5. The third-order valence-electron chi connectivity index (χ3n) is 4.87. The van der Waals surface area contributed by atoms with Crippen LogP contribution in [-0.2, 0) is 4.74 Å². The fourth-order valence-electron chi connectivity index (χ4n) is 2.91. The van der Waals surface area contributed by atoms with E-state index in [0.29, 0.717) is 35.8 Å². The van der Waals surface area contributed by atoms with Crippen molar-refractivity contribution in [3.05, 3.63) is 59.7 Å². The molecule has 0 aliphatic heterocycles. The Kier molecular flexibility index (Phi) is 4.29. The van der Waals surface area contributed by atoms with E-state index in [-0.39, 0.29) is 5.97 Å². The summed E-state index contributed by atoms with van der Waals surface area (Å²) in [7, 11) is 0. The second-order valence-electron chi connectivity index (χ2n) is 6.88. The molecule has 1 aliphatic carbocycles. The van der Waals surface area contributed by atoms with Gasteiger partial charge in [-0.2, -0.15) is 0 Å². The van der Waals surface area contributed by atoms with Gasteiger partial charge in [-0.1, -0.05) is 25.1 Å². The molecule has 5 nitrogen and oxygen atoms in total. The Morgan fingerprint density at radius 3 is 2.50 bits per heavy atom. The lowest BCUT2D eigenvalue weighted by Gasteiger charge is -2.04. The highest BCUT2D eigenvalue weighted by atomic mass is 16.5. The van der Waals surface area contributed by atoms with E-state index >= 15 is 0 Å². The zero-order valence-electron chi connectivity index (χ0n) is 14.8. The maximum Gasteiger partial charge on any atom is 0.338 e. The molecule has 0 amide bonds. The maximum atomic E-state index is 12.1. The molecule has 0 bridgehead atoms. The van der Waals surface area contributed by atoms with Crippen LogP contribution < -0.4 is 0 Å². The van der Waals surface area contributed by atoms with Gasteiger partial charge in [0, 0.05) is 11.1 Å². The Balaban J connectivity index is 1.47. The van der Waals surface area contributed by atoms with Crippen LogP contribution in [0, 0.1) is 18.8 Å². The molecule has 4 rings (SSSR count). The number of aromatic nitrogens is 2. The predicted octanol–water partition coefficient (Wildman–Crippen LogP) is 4.52. The zero-order valence-corrected chi connectivity index (χ0v) is 14.8. The molecule has 1 aromatic heterocycles. The summed E-state index contributed by atoms with van der Waals surface area (Å²) in [5.74, 6) is 1.82. The third-order valence-corrected chi connectivity index (χ3v) is 4.87. The van der Waals surface area contributed by atoms with Gasteiger partial charge in [0.1, 0.15) is 0 Å². The molecule has 0 spiro atoms. The maximum absolute atomic E-state index is 12.1. The summed E-state index contributed by atoms with van der Waals surface area (Å²) in [6.07, 6.45) is 1.15. The number of nitrogens with zero attached hydrogens (tertiary/aromatic N) is 2. The number of ether oxygens (including phenoxy) is 1. The van der Waals surface area contributed by atoms with Gasteiger partial charge in [-0.05, 0) is 61.1 Å². The van der Waals surface area contributed by atoms with Crippen molar-refractivity contribution in [2.24, 2.45) is 11.8 Å². The molecule has 0 saturated heterocycles. The topological polar surface area (TPSA) is 65.2 Å². The SMILES string of the molecule is Cc1ccccc1-c1nnc(-c2ccc(C(=O)OCC3CC3C)cc2)o1. The van der Waals surface area contributed by atoms with Crippen LogP contribution in [0.3, 0.4) is 0 Å². The average molecular weight is 348 g/mol. The van der Waals surface area contributed by atoms with Crippen molar-refractivity contribution in [2.45, 2.75) is 20.3 Å². The molecule has 5 heteroatoms. The van der Waals surface area contributed by atoms with E-state index in [1.165, 1.54) is 0 Å². The minimum Gasteiger partial charge on any atom is -0.462 e. The van der Waals surface area contributed by atoms with E-state index in [1.807, 2.05) is 31.2 Å². The van der Waals surface area contributed by atoms with Crippen LogP contribution in [0.5, 0.6) is 0 Å². The van der Waals surface area contributed by atoms with Gasteiger partial charge in [0.15, 0.2) is 0 Å². The van der Waals surface area contributed by atoms with Crippen LogP contribution in [-0.4, -0.2) is 22.8 Å². The van der Waals surface area contributed by atoms with Crippen molar-refractivity contribution < 1.29 is 13.9 Å². The van der Waals surface area contributed by atoms with E-state index in [0.717, 1.165) is 23.1 Å².